The van der Waals surface area contributed by atoms with E-state index in [1.54, 1.807) is 11.8 Å². The van der Waals surface area contributed by atoms with E-state index < -0.39 is 0 Å². The molecule has 0 atom stereocenters. The van der Waals surface area contributed by atoms with Crippen LogP contribution in [0.4, 0.5) is 5.69 Å². The van der Waals surface area contributed by atoms with Crippen LogP contribution < -0.4 is 5.73 Å². The Balaban J connectivity index is 2.42. The molecule has 1 aromatic rings. The summed E-state index contributed by atoms with van der Waals surface area (Å²) in [6.07, 6.45) is 0.776. The number of nitrogen functional groups attached to an aromatic ring is 1. The van der Waals surface area contributed by atoms with Crippen molar-refractivity contribution in [2.45, 2.75) is 38.4 Å². The van der Waals surface area contributed by atoms with Gasteiger partial charge in [0.05, 0.1) is 0 Å². The van der Waals surface area contributed by atoms with Crippen molar-refractivity contribution < 1.29 is 9.47 Å². The number of hydrogen-bond donors (Lipinski definition) is 1. The van der Waals surface area contributed by atoms with Crippen LogP contribution in [-0.2, 0) is 9.47 Å². The molecule has 0 radical (unpaired) electrons. The predicted molar refractivity (Wildman–Crippen MR) is 78.0 cm³/mol. The largest absolute Gasteiger partial charge is 0.398 e. The summed E-state index contributed by atoms with van der Waals surface area (Å²) in [5.74, 6) is 0.943. The molecule has 1 rings (SSSR count). The van der Waals surface area contributed by atoms with Crippen molar-refractivity contribution in [2.24, 2.45) is 0 Å². The van der Waals surface area contributed by atoms with Crippen molar-refractivity contribution in [1.82, 2.24) is 0 Å². The molecule has 0 saturated carbocycles. The third kappa shape index (κ3) is 4.88. The van der Waals surface area contributed by atoms with Gasteiger partial charge in [-0.3, -0.25) is 0 Å². The van der Waals surface area contributed by atoms with E-state index in [2.05, 4.69) is 6.07 Å². The van der Waals surface area contributed by atoms with Gasteiger partial charge >= 0.3 is 0 Å². The molecule has 2 N–H and O–H groups in total. The Morgan fingerprint density at radius 2 is 1.89 bits per heavy atom. The van der Waals surface area contributed by atoms with E-state index >= 15 is 0 Å². The van der Waals surface area contributed by atoms with E-state index in [1.165, 1.54) is 0 Å². The average Bonchev–Trinajstić information content (AvgIpc) is 2.35. The van der Waals surface area contributed by atoms with E-state index in [1.807, 2.05) is 32.9 Å². The van der Waals surface area contributed by atoms with Crippen LogP contribution in [0.1, 0.15) is 25.8 Å². The number of thioether (sulfide) groups is 1. The van der Waals surface area contributed by atoms with Crippen molar-refractivity contribution in [3.63, 3.8) is 0 Å². The second-order valence-electron chi connectivity index (χ2n) is 3.96. The third-order valence-corrected chi connectivity index (χ3v) is 3.71. The molecule has 0 spiro atoms. The maximum Gasteiger partial charge on any atom is 0.158 e. The van der Waals surface area contributed by atoms with Crippen LogP contribution in [-0.4, -0.2) is 25.3 Å². The van der Waals surface area contributed by atoms with E-state index in [4.69, 9.17) is 15.2 Å². The third-order valence-electron chi connectivity index (χ3n) is 2.60. The zero-order valence-corrected chi connectivity index (χ0v) is 12.3. The zero-order chi connectivity index (χ0) is 13.4. The molecule has 0 amide bonds. The van der Waals surface area contributed by atoms with Gasteiger partial charge in [-0.2, -0.15) is 0 Å². The number of para-hydroxylation sites is 1. The van der Waals surface area contributed by atoms with Crippen LogP contribution in [0.2, 0.25) is 0 Å². The molecule has 0 aromatic heterocycles. The number of ether oxygens (including phenoxy) is 2. The highest BCUT2D eigenvalue weighted by atomic mass is 32.2. The lowest BCUT2D eigenvalue weighted by Gasteiger charge is -2.16. The molecular formula is C14H23NO2S. The summed E-state index contributed by atoms with van der Waals surface area (Å²) in [5.41, 5.74) is 8.05. The molecule has 0 bridgehead atoms. The van der Waals surface area contributed by atoms with Crippen LogP contribution in [0.15, 0.2) is 23.1 Å². The molecule has 4 heteroatoms. The highest BCUT2D eigenvalue weighted by Gasteiger charge is 2.09. The van der Waals surface area contributed by atoms with Gasteiger partial charge in [-0.05, 0) is 32.4 Å². The van der Waals surface area contributed by atoms with Gasteiger partial charge in [-0.25, -0.2) is 0 Å². The monoisotopic (exact) mass is 269 g/mol. The second-order valence-corrected chi connectivity index (χ2v) is 5.10. The first kappa shape index (κ1) is 15.3. The molecule has 18 heavy (non-hydrogen) atoms. The fraction of sp³-hybridized carbons (Fsp3) is 0.571. The summed E-state index contributed by atoms with van der Waals surface area (Å²) in [6.45, 7) is 7.36. The normalized spacial score (nSPS) is 11.1. The summed E-state index contributed by atoms with van der Waals surface area (Å²) in [7, 11) is 0. The summed E-state index contributed by atoms with van der Waals surface area (Å²) in [6, 6.07) is 6.13. The van der Waals surface area contributed by atoms with Crippen molar-refractivity contribution >= 4 is 17.4 Å². The Bertz CT molecular complexity index is 352. The van der Waals surface area contributed by atoms with Gasteiger partial charge in [0, 0.05) is 36.0 Å². The zero-order valence-electron chi connectivity index (χ0n) is 11.4. The van der Waals surface area contributed by atoms with Gasteiger partial charge in [-0.15, -0.1) is 11.8 Å². The van der Waals surface area contributed by atoms with Crippen LogP contribution in [0.3, 0.4) is 0 Å². The van der Waals surface area contributed by atoms with Gasteiger partial charge in [0.2, 0.25) is 0 Å². The first-order valence-corrected chi connectivity index (χ1v) is 7.38. The quantitative estimate of drug-likeness (QED) is 0.446. The Kier molecular flexibility index (Phi) is 7.16. The number of aryl methyl sites for hydroxylation is 1. The first-order chi connectivity index (χ1) is 8.69. The number of nitrogens with two attached hydrogens (primary N) is 1. The lowest BCUT2D eigenvalue weighted by molar-refractivity contribution is -0.136. The standard InChI is InChI=1S/C14H23NO2S/c1-4-16-13(17-5-2)9-10-18-12-8-6-7-11(3)14(12)15/h6-8,13H,4-5,9-10,15H2,1-3H3. The minimum atomic E-state index is -0.0986. The van der Waals surface area contributed by atoms with Crippen LogP contribution in [0.5, 0.6) is 0 Å². The van der Waals surface area contributed by atoms with Gasteiger partial charge in [0.15, 0.2) is 6.29 Å². The molecule has 0 saturated heterocycles. The van der Waals surface area contributed by atoms with Crippen molar-refractivity contribution in [3.8, 4) is 0 Å². The lowest BCUT2D eigenvalue weighted by atomic mass is 10.2. The van der Waals surface area contributed by atoms with Crippen molar-refractivity contribution in [1.29, 1.82) is 0 Å². The summed E-state index contributed by atoms with van der Waals surface area (Å²) in [4.78, 5) is 1.14. The molecule has 0 aliphatic heterocycles. The molecule has 0 unspecified atom stereocenters. The van der Waals surface area contributed by atoms with Crippen LogP contribution in [0.25, 0.3) is 0 Å². The van der Waals surface area contributed by atoms with E-state index in [0.717, 1.165) is 28.3 Å². The summed E-state index contributed by atoms with van der Waals surface area (Å²) >= 11 is 1.76. The Labute approximate surface area is 114 Å². The maximum absolute atomic E-state index is 6.03. The molecule has 0 aliphatic carbocycles. The van der Waals surface area contributed by atoms with Crippen LogP contribution >= 0.6 is 11.8 Å². The smallest absolute Gasteiger partial charge is 0.158 e. The molecule has 0 aliphatic rings. The molecule has 0 heterocycles. The van der Waals surface area contributed by atoms with Crippen LogP contribution in [0, 0.1) is 6.92 Å². The van der Waals surface area contributed by atoms with Gasteiger partial charge in [-0.1, -0.05) is 12.1 Å². The van der Waals surface area contributed by atoms with E-state index in [-0.39, 0.29) is 6.29 Å². The number of rotatable bonds is 8. The fourth-order valence-corrected chi connectivity index (χ4v) is 2.65. The van der Waals surface area contributed by atoms with Gasteiger partial charge in [0.1, 0.15) is 0 Å². The number of hydrogen-bond acceptors (Lipinski definition) is 4. The summed E-state index contributed by atoms with van der Waals surface area (Å²) < 4.78 is 11.0. The second kappa shape index (κ2) is 8.40. The minimum Gasteiger partial charge on any atom is -0.398 e. The number of anilines is 1. The van der Waals surface area contributed by atoms with Crippen molar-refractivity contribution in [2.75, 3.05) is 24.7 Å². The first-order valence-electron chi connectivity index (χ1n) is 6.40. The lowest BCUT2D eigenvalue weighted by Crippen LogP contribution is -2.18. The maximum atomic E-state index is 6.03. The highest BCUT2D eigenvalue weighted by molar-refractivity contribution is 7.99. The Hall–Kier alpha value is -0.710. The van der Waals surface area contributed by atoms with E-state index in [9.17, 15) is 0 Å². The molecule has 0 fully saturated rings. The van der Waals surface area contributed by atoms with Gasteiger partial charge in [0.25, 0.3) is 0 Å². The Morgan fingerprint density at radius 3 is 2.50 bits per heavy atom. The average molecular weight is 269 g/mol. The van der Waals surface area contributed by atoms with E-state index in [0.29, 0.717) is 13.2 Å². The molecular weight excluding hydrogens is 246 g/mol. The molecule has 3 nitrogen and oxygen atoms in total. The SMILES string of the molecule is CCOC(CCSc1cccc(C)c1N)OCC. The molecule has 1 aromatic carbocycles. The topological polar surface area (TPSA) is 44.5 Å². The number of benzene rings is 1. The fourth-order valence-electron chi connectivity index (χ4n) is 1.63. The summed E-state index contributed by atoms with van der Waals surface area (Å²) in [5, 5.41) is 0. The van der Waals surface area contributed by atoms with Gasteiger partial charge < -0.3 is 15.2 Å². The molecule has 102 valence electrons. The Morgan fingerprint density at radius 1 is 1.22 bits per heavy atom. The minimum absolute atomic E-state index is 0.0986. The van der Waals surface area contributed by atoms with Crippen molar-refractivity contribution in [3.05, 3.63) is 23.8 Å². The highest BCUT2D eigenvalue weighted by Crippen LogP contribution is 2.28. The predicted octanol–water partition coefficient (Wildman–Crippen LogP) is 3.46.